The molecule has 1 aromatic heterocycles. The molecule has 1 saturated carbocycles. The molecule has 0 N–H and O–H groups in total. The molecule has 0 aromatic carbocycles. The first-order chi connectivity index (χ1) is 10.6. The fourth-order valence-electron chi connectivity index (χ4n) is 3.70. The van der Waals surface area contributed by atoms with Gasteiger partial charge in [-0.2, -0.15) is 5.10 Å². The molecule has 2 aliphatic rings. The molecule has 1 aliphatic heterocycles. The predicted molar refractivity (Wildman–Crippen MR) is 90.9 cm³/mol. The van der Waals surface area contributed by atoms with Gasteiger partial charge in [-0.1, -0.05) is 13.8 Å². The van der Waals surface area contributed by atoms with Crippen LogP contribution in [0.1, 0.15) is 38.8 Å². The molecule has 0 unspecified atom stereocenters. The third-order valence-corrected chi connectivity index (χ3v) is 5.35. The van der Waals surface area contributed by atoms with Crippen LogP contribution in [0.15, 0.2) is 12.3 Å². The van der Waals surface area contributed by atoms with Gasteiger partial charge >= 0.3 is 0 Å². The number of aromatic nitrogens is 2. The van der Waals surface area contributed by atoms with Crippen molar-refractivity contribution in [1.82, 2.24) is 19.6 Å². The van der Waals surface area contributed by atoms with Crippen molar-refractivity contribution in [2.24, 2.45) is 11.8 Å². The molecule has 0 radical (unpaired) electrons. The molecule has 0 spiro atoms. The molecule has 124 valence electrons. The van der Waals surface area contributed by atoms with Crippen molar-refractivity contribution in [2.75, 3.05) is 32.7 Å². The normalized spacial score (nSPS) is 24.8. The van der Waals surface area contributed by atoms with Crippen LogP contribution < -0.4 is 0 Å². The summed E-state index contributed by atoms with van der Waals surface area (Å²) in [4.78, 5) is 5.46. The molecule has 1 aromatic rings. The van der Waals surface area contributed by atoms with Crippen LogP contribution in [0.3, 0.4) is 0 Å². The Morgan fingerprint density at radius 3 is 2.68 bits per heavy atom. The lowest BCUT2D eigenvalue weighted by atomic mass is 10.0. The summed E-state index contributed by atoms with van der Waals surface area (Å²) in [6.07, 6.45) is 6.15. The number of hydrogen-bond donors (Lipinski definition) is 0. The zero-order valence-electron chi connectivity index (χ0n) is 14.5. The van der Waals surface area contributed by atoms with Crippen molar-refractivity contribution < 1.29 is 0 Å². The SMILES string of the molecule is Cc1ccnn1CCN1CCCN(CC2CC2)[C@H](C(C)C)C1. The molecule has 2 heterocycles. The summed E-state index contributed by atoms with van der Waals surface area (Å²) in [6, 6.07) is 2.82. The first-order valence-corrected chi connectivity index (χ1v) is 9.08. The minimum Gasteiger partial charge on any atom is -0.300 e. The van der Waals surface area contributed by atoms with E-state index in [0.29, 0.717) is 0 Å². The van der Waals surface area contributed by atoms with E-state index < -0.39 is 0 Å². The molecule has 1 saturated heterocycles. The molecular formula is C18H32N4. The molecule has 22 heavy (non-hydrogen) atoms. The summed E-state index contributed by atoms with van der Waals surface area (Å²) in [5.41, 5.74) is 1.27. The van der Waals surface area contributed by atoms with Crippen LogP contribution in [0.5, 0.6) is 0 Å². The highest BCUT2D eigenvalue weighted by Crippen LogP contribution is 2.31. The van der Waals surface area contributed by atoms with Gasteiger partial charge in [0.15, 0.2) is 0 Å². The van der Waals surface area contributed by atoms with Crippen LogP contribution >= 0.6 is 0 Å². The maximum absolute atomic E-state index is 4.42. The summed E-state index contributed by atoms with van der Waals surface area (Å²) in [6.45, 7) is 14.2. The standard InChI is InChI=1S/C18H32N4/c1-15(2)18-14-20(11-12-22-16(3)7-8-19-22)9-4-10-21(18)13-17-5-6-17/h7-8,15,17-18H,4-6,9-14H2,1-3H3/t18-/m0/s1. The van der Waals surface area contributed by atoms with Crippen molar-refractivity contribution in [3.63, 3.8) is 0 Å². The summed E-state index contributed by atoms with van der Waals surface area (Å²) in [5, 5.41) is 4.42. The lowest BCUT2D eigenvalue weighted by Crippen LogP contribution is -2.45. The van der Waals surface area contributed by atoms with E-state index in [9.17, 15) is 0 Å². The Bertz CT molecular complexity index is 463. The monoisotopic (exact) mass is 304 g/mol. The Hall–Kier alpha value is -0.870. The van der Waals surface area contributed by atoms with Crippen molar-refractivity contribution in [2.45, 2.75) is 52.6 Å². The van der Waals surface area contributed by atoms with Gasteiger partial charge in [0, 0.05) is 37.6 Å². The number of aryl methyl sites for hydroxylation is 1. The van der Waals surface area contributed by atoms with Crippen molar-refractivity contribution in [3.8, 4) is 0 Å². The maximum Gasteiger partial charge on any atom is 0.0539 e. The Kier molecular flexibility index (Phi) is 5.19. The number of hydrogen-bond acceptors (Lipinski definition) is 3. The first-order valence-electron chi connectivity index (χ1n) is 9.08. The lowest BCUT2D eigenvalue weighted by molar-refractivity contribution is 0.132. The highest BCUT2D eigenvalue weighted by molar-refractivity contribution is 4.96. The smallest absolute Gasteiger partial charge is 0.0539 e. The van der Waals surface area contributed by atoms with E-state index in [1.54, 1.807) is 0 Å². The largest absolute Gasteiger partial charge is 0.300 e. The average Bonchev–Trinajstić information content (AvgIpc) is 3.24. The highest BCUT2D eigenvalue weighted by Gasteiger charge is 2.31. The van der Waals surface area contributed by atoms with E-state index in [2.05, 4.69) is 46.4 Å². The fraction of sp³-hybridized carbons (Fsp3) is 0.833. The van der Waals surface area contributed by atoms with Gasteiger partial charge < -0.3 is 0 Å². The average molecular weight is 304 g/mol. The van der Waals surface area contributed by atoms with Crippen LogP contribution in [0.4, 0.5) is 0 Å². The van der Waals surface area contributed by atoms with Gasteiger partial charge in [0.05, 0.1) is 6.54 Å². The van der Waals surface area contributed by atoms with Crippen LogP contribution in [0.25, 0.3) is 0 Å². The predicted octanol–water partition coefficient (Wildman–Crippen LogP) is 2.63. The quantitative estimate of drug-likeness (QED) is 0.807. The molecule has 1 atom stereocenters. The third-order valence-electron chi connectivity index (χ3n) is 5.35. The Morgan fingerprint density at radius 1 is 1.23 bits per heavy atom. The summed E-state index contributed by atoms with van der Waals surface area (Å²) < 4.78 is 2.14. The van der Waals surface area contributed by atoms with Gasteiger partial charge in [-0.3, -0.25) is 14.5 Å². The van der Waals surface area contributed by atoms with E-state index in [1.807, 2.05) is 6.20 Å². The minimum absolute atomic E-state index is 0.724. The molecule has 4 heteroatoms. The Morgan fingerprint density at radius 2 is 2.05 bits per heavy atom. The maximum atomic E-state index is 4.42. The topological polar surface area (TPSA) is 24.3 Å². The van der Waals surface area contributed by atoms with Crippen LogP contribution in [-0.2, 0) is 6.54 Å². The molecular weight excluding hydrogens is 272 g/mol. The number of nitrogens with zero attached hydrogens (tertiary/aromatic N) is 4. The third kappa shape index (κ3) is 4.11. The molecule has 0 amide bonds. The van der Waals surface area contributed by atoms with Gasteiger partial charge in [0.25, 0.3) is 0 Å². The second kappa shape index (κ2) is 7.14. The van der Waals surface area contributed by atoms with E-state index in [4.69, 9.17) is 0 Å². The van der Waals surface area contributed by atoms with E-state index >= 15 is 0 Å². The van der Waals surface area contributed by atoms with Gasteiger partial charge in [0.1, 0.15) is 0 Å². The molecule has 0 bridgehead atoms. The minimum atomic E-state index is 0.724. The number of rotatable bonds is 6. The Balaban J connectivity index is 1.57. The molecule has 1 aliphatic carbocycles. The summed E-state index contributed by atoms with van der Waals surface area (Å²) >= 11 is 0. The Labute approximate surface area is 135 Å². The first kappa shape index (κ1) is 16.0. The van der Waals surface area contributed by atoms with E-state index in [-0.39, 0.29) is 0 Å². The van der Waals surface area contributed by atoms with Gasteiger partial charge in [-0.05, 0) is 57.2 Å². The highest BCUT2D eigenvalue weighted by atomic mass is 15.3. The second-order valence-electron chi connectivity index (χ2n) is 7.60. The van der Waals surface area contributed by atoms with Crippen LogP contribution in [-0.4, -0.2) is 58.3 Å². The summed E-state index contributed by atoms with van der Waals surface area (Å²) in [7, 11) is 0. The zero-order valence-corrected chi connectivity index (χ0v) is 14.5. The fourth-order valence-corrected chi connectivity index (χ4v) is 3.70. The molecule has 3 rings (SSSR count). The van der Waals surface area contributed by atoms with Gasteiger partial charge in [-0.15, -0.1) is 0 Å². The lowest BCUT2D eigenvalue weighted by Gasteiger charge is -2.34. The van der Waals surface area contributed by atoms with Crippen LogP contribution in [0.2, 0.25) is 0 Å². The van der Waals surface area contributed by atoms with Crippen molar-refractivity contribution >= 4 is 0 Å². The van der Waals surface area contributed by atoms with E-state index in [0.717, 1.165) is 31.0 Å². The van der Waals surface area contributed by atoms with Crippen LogP contribution in [0, 0.1) is 18.8 Å². The molecule has 4 nitrogen and oxygen atoms in total. The van der Waals surface area contributed by atoms with Gasteiger partial charge in [0.2, 0.25) is 0 Å². The van der Waals surface area contributed by atoms with Crippen molar-refractivity contribution in [3.05, 3.63) is 18.0 Å². The van der Waals surface area contributed by atoms with Gasteiger partial charge in [-0.25, -0.2) is 0 Å². The summed E-state index contributed by atoms with van der Waals surface area (Å²) in [5.74, 6) is 1.74. The molecule has 2 fully saturated rings. The van der Waals surface area contributed by atoms with E-state index in [1.165, 1.54) is 51.1 Å². The zero-order chi connectivity index (χ0) is 15.5. The second-order valence-corrected chi connectivity index (χ2v) is 7.60. The van der Waals surface area contributed by atoms with Crippen molar-refractivity contribution in [1.29, 1.82) is 0 Å².